The molecule has 0 radical (unpaired) electrons. The number of aromatic nitrogens is 3. The molecule has 1 fully saturated rings. The first-order valence-electron chi connectivity index (χ1n) is 10.4. The van der Waals surface area contributed by atoms with Gasteiger partial charge < -0.3 is 14.6 Å². The Balaban J connectivity index is 1.45. The average molecular weight is 476 g/mol. The van der Waals surface area contributed by atoms with Gasteiger partial charge in [0.1, 0.15) is 11.9 Å². The van der Waals surface area contributed by atoms with Gasteiger partial charge in [0, 0.05) is 0 Å². The number of hydrogen-bond donors (Lipinski definition) is 1. The van der Waals surface area contributed by atoms with Gasteiger partial charge in [0.25, 0.3) is 0 Å². The summed E-state index contributed by atoms with van der Waals surface area (Å²) in [7, 11) is 1.60. The van der Waals surface area contributed by atoms with Gasteiger partial charge in [-0.05, 0) is 67.0 Å². The lowest BCUT2D eigenvalue weighted by molar-refractivity contribution is 0.0676. The molecule has 1 aliphatic carbocycles. The molecular weight excluding hydrogens is 453 g/mol. The lowest BCUT2D eigenvalue weighted by Crippen LogP contribution is -2.25. The van der Waals surface area contributed by atoms with Crippen molar-refractivity contribution in [2.24, 2.45) is 0 Å². The molecule has 4 rings (SSSR count). The summed E-state index contributed by atoms with van der Waals surface area (Å²) in [6, 6.07) is 13.2. The number of ether oxygens (including phenoxy) is 2. The Morgan fingerprint density at radius 1 is 1.09 bits per heavy atom. The molecular formula is C23H23Cl2N3O4. The third-order valence-electron chi connectivity index (χ3n) is 5.75. The Morgan fingerprint density at radius 3 is 2.44 bits per heavy atom. The topological polar surface area (TPSA) is 86.5 Å². The van der Waals surface area contributed by atoms with Crippen LogP contribution in [0.1, 0.15) is 53.2 Å². The predicted molar refractivity (Wildman–Crippen MR) is 121 cm³/mol. The number of benzene rings is 2. The zero-order valence-corrected chi connectivity index (χ0v) is 19.0. The standard InChI is InChI=1S/C23H23Cl2N3O4/c1-31-17-7-2-14(3-8-17)13-28-22(21(23(29)30)26-27-28)32-18-9-4-15(5-10-18)16-6-11-19(24)20(25)12-16/h2-3,6-8,11-12,15,18H,4-5,9-10,13H2,1H3,(H,29,30)/t15-,18+. The highest BCUT2D eigenvalue weighted by molar-refractivity contribution is 6.42. The van der Waals surface area contributed by atoms with Crippen molar-refractivity contribution in [3.05, 3.63) is 69.3 Å². The van der Waals surface area contributed by atoms with Crippen LogP contribution in [0.2, 0.25) is 10.0 Å². The quantitative estimate of drug-likeness (QED) is 0.489. The summed E-state index contributed by atoms with van der Waals surface area (Å²) in [5.74, 6) is 0.136. The fourth-order valence-electron chi connectivity index (χ4n) is 4.00. The van der Waals surface area contributed by atoms with Crippen LogP contribution in [-0.4, -0.2) is 39.3 Å². The molecule has 3 aromatic rings. The maximum atomic E-state index is 11.7. The van der Waals surface area contributed by atoms with Gasteiger partial charge in [0.2, 0.25) is 11.6 Å². The van der Waals surface area contributed by atoms with E-state index in [4.69, 9.17) is 32.7 Å². The fraction of sp³-hybridized carbons (Fsp3) is 0.348. The molecule has 1 heterocycles. The van der Waals surface area contributed by atoms with E-state index >= 15 is 0 Å². The van der Waals surface area contributed by atoms with Crippen molar-refractivity contribution in [2.45, 2.75) is 44.2 Å². The second kappa shape index (κ2) is 9.79. The SMILES string of the molecule is COc1ccc(Cn2nnc(C(=O)O)c2O[C@H]2CC[C@@H](c3ccc(Cl)c(Cl)c3)CC2)cc1. The van der Waals surface area contributed by atoms with E-state index in [0.717, 1.165) is 42.6 Å². The minimum atomic E-state index is -1.16. The maximum Gasteiger partial charge on any atom is 0.362 e. The lowest BCUT2D eigenvalue weighted by atomic mass is 9.83. The molecule has 7 nitrogen and oxygen atoms in total. The summed E-state index contributed by atoms with van der Waals surface area (Å²) in [5.41, 5.74) is 1.92. The number of halogens is 2. The molecule has 1 saturated carbocycles. The first kappa shape index (κ1) is 22.4. The van der Waals surface area contributed by atoms with Crippen LogP contribution in [0.25, 0.3) is 0 Å². The molecule has 1 aliphatic rings. The van der Waals surface area contributed by atoms with Gasteiger partial charge in [-0.25, -0.2) is 9.48 Å². The van der Waals surface area contributed by atoms with E-state index in [1.807, 2.05) is 42.5 Å². The van der Waals surface area contributed by atoms with E-state index in [9.17, 15) is 9.90 Å². The lowest BCUT2D eigenvalue weighted by Gasteiger charge is -2.29. The highest BCUT2D eigenvalue weighted by Crippen LogP contribution is 2.37. The Labute approximate surface area is 195 Å². The maximum absolute atomic E-state index is 11.7. The Morgan fingerprint density at radius 2 is 1.81 bits per heavy atom. The van der Waals surface area contributed by atoms with Gasteiger partial charge >= 0.3 is 5.97 Å². The Bertz CT molecular complexity index is 1090. The van der Waals surface area contributed by atoms with E-state index in [1.54, 1.807) is 7.11 Å². The second-order valence-corrected chi connectivity index (χ2v) is 8.63. The summed E-state index contributed by atoms with van der Waals surface area (Å²) >= 11 is 12.2. The van der Waals surface area contributed by atoms with E-state index in [2.05, 4.69) is 10.3 Å². The van der Waals surface area contributed by atoms with E-state index in [0.29, 0.717) is 22.5 Å². The Hall–Kier alpha value is -2.77. The van der Waals surface area contributed by atoms with Crippen molar-refractivity contribution in [2.75, 3.05) is 7.11 Å². The zero-order chi connectivity index (χ0) is 22.7. The molecule has 0 aliphatic heterocycles. The van der Waals surface area contributed by atoms with Crippen LogP contribution in [-0.2, 0) is 6.54 Å². The van der Waals surface area contributed by atoms with Crippen LogP contribution in [0.3, 0.4) is 0 Å². The minimum absolute atomic E-state index is 0.111. The summed E-state index contributed by atoms with van der Waals surface area (Å²) in [4.78, 5) is 11.7. The highest BCUT2D eigenvalue weighted by atomic mass is 35.5. The van der Waals surface area contributed by atoms with E-state index < -0.39 is 5.97 Å². The number of aromatic carboxylic acids is 1. The zero-order valence-electron chi connectivity index (χ0n) is 17.5. The highest BCUT2D eigenvalue weighted by Gasteiger charge is 2.28. The van der Waals surface area contributed by atoms with Crippen LogP contribution in [0.4, 0.5) is 0 Å². The molecule has 1 aromatic heterocycles. The predicted octanol–water partition coefficient (Wildman–Crippen LogP) is 5.45. The number of carboxylic acids is 1. The van der Waals surface area contributed by atoms with Crippen LogP contribution in [0.15, 0.2) is 42.5 Å². The van der Waals surface area contributed by atoms with Crippen molar-refractivity contribution < 1.29 is 19.4 Å². The molecule has 0 spiro atoms. The third kappa shape index (κ3) is 5.00. The first-order chi connectivity index (χ1) is 15.4. The van der Waals surface area contributed by atoms with Crippen molar-refractivity contribution >= 4 is 29.2 Å². The molecule has 2 aromatic carbocycles. The van der Waals surface area contributed by atoms with Crippen molar-refractivity contribution in [1.29, 1.82) is 0 Å². The molecule has 0 saturated heterocycles. The summed E-state index contributed by atoms with van der Waals surface area (Å²) in [6.07, 6.45) is 3.28. The first-order valence-corrected chi connectivity index (χ1v) is 11.1. The van der Waals surface area contributed by atoms with E-state index in [-0.39, 0.29) is 17.7 Å². The molecule has 0 unspecified atom stereocenters. The normalized spacial score (nSPS) is 18.3. The van der Waals surface area contributed by atoms with Gasteiger partial charge in [-0.2, -0.15) is 0 Å². The number of carbonyl (C=O) groups is 1. The molecule has 0 atom stereocenters. The number of nitrogens with zero attached hydrogens (tertiary/aromatic N) is 3. The number of methoxy groups -OCH3 is 1. The van der Waals surface area contributed by atoms with Crippen LogP contribution in [0.5, 0.6) is 11.6 Å². The summed E-state index contributed by atoms with van der Waals surface area (Å²) in [5, 5.41) is 18.5. The second-order valence-electron chi connectivity index (χ2n) is 7.82. The molecule has 168 valence electrons. The Kier molecular flexibility index (Phi) is 6.86. The minimum Gasteiger partial charge on any atom is -0.497 e. The van der Waals surface area contributed by atoms with E-state index in [1.165, 1.54) is 4.68 Å². The van der Waals surface area contributed by atoms with Gasteiger partial charge in [-0.3, -0.25) is 0 Å². The monoisotopic (exact) mass is 475 g/mol. The molecule has 0 amide bonds. The summed E-state index contributed by atoms with van der Waals surface area (Å²) < 4.78 is 12.8. The molecule has 0 bridgehead atoms. The van der Waals surface area contributed by atoms with Crippen molar-refractivity contribution in [3.63, 3.8) is 0 Å². The third-order valence-corrected chi connectivity index (χ3v) is 6.49. The van der Waals surface area contributed by atoms with Crippen molar-refractivity contribution in [1.82, 2.24) is 15.0 Å². The number of carboxylic acid groups (broad SMARTS) is 1. The van der Waals surface area contributed by atoms with Crippen LogP contribution >= 0.6 is 23.2 Å². The fourth-order valence-corrected chi connectivity index (χ4v) is 4.31. The smallest absolute Gasteiger partial charge is 0.362 e. The number of rotatable bonds is 7. The van der Waals surface area contributed by atoms with Gasteiger partial charge in [-0.1, -0.05) is 46.6 Å². The summed E-state index contributed by atoms with van der Waals surface area (Å²) in [6.45, 7) is 0.345. The van der Waals surface area contributed by atoms with Crippen LogP contribution < -0.4 is 9.47 Å². The number of hydrogen-bond acceptors (Lipinski definition) is 5. The largest absolute Gasteiger partial charge is 0.497 e. The molecule has 32 heavy (non-hydrogen) atoms. The van der Waals surface area contributed by atoms with Gasteiger partial charge in [-0.15, -0.1) is 5.10 Å². The van der Waals surface area contributed by atoms with Gasteiger partial charge in [0.15, 0.2) is 0 Å². The van der Waals surface area contributed by atoms with Crippen LogP contribution in [0, 0.1) is 0 Å². The van der Waals surface area contributed by atoms with Gasteiger partial charge in [0.05, 0.1) is 23.7 Å². The van der Waals surface area contributed by atoms with Crippen molar-refractivity contribution in [3.8, 4) is 11.6 Å². The molecule has 9 heteroatoms. The average Bonchev–Trinajstić information content (AvgIpc) is 3.19. The molecule has 1 N–H and O–H groups in total.